The van der Waals surface area contributed by atoms with Crippen LogP contribution < -0.4 is 46.9 Å². The molecule has 0 saturated carbocycles. The molecule has 0 spiro atoms. The normalized spacial score (nSPS) is 16.0. The second kappa shape index (κ2) is 29.2. The van der Waals surface area contributed by atoms with Gasteiger partial charge in [-0.1, -0.05) is 74.5 Å². The van der Waals surface area contributed by atoms with E-state index in [-0.39, 0.29) is 102 Å². The number of anilines is 1. The monoisotopic (exact) mass is 1190 g/mol. The van der Waals surface area contributed by atoms with Crippen molar-refractivity contribution >= 4 is 71.2 Å². The summed E-state index contributed by atoms with van der Waals surface area (Å²) in [5.41, 5.74) is 18.7. The van der Waals surface area contributed by atoms with Crippen molar-refractivity contribution in [3.63, 3.8) is 0 Å². The summed E-state index contributed by atoms with van der Waals surface area (Å²) in [5.74, 6) is -1.05. The van der Waals surface area contributed by atoms with Crippen LogP contribution in [0.25, 0.3) is 0 Å². The maximum Gasteiger partial charge on any atom is 0.410 e. The van der Waals surface area contributed by atoms with Crippen molar-refractivity contribution in [1.82, 2.24) is 30.7 Å². The molecule has 0 aliphatic carbocycles. The van der Waals surface area contributed by atoms with E-state index >= 15 is 0 Å². The number of aliphatic imine (C=N–C) groups is 2. The molecule has 0 radical (unpaired) electrons. The Morgan fingerprint density at radius 2 is 1.30 bits per heavy atom. The average Bonchev–Trinajstić information content (AvgIpc) is 2.13. The van der Waals surface area contributed by atoms with Crippen molar-refractivity contribution in [3.8, 4) is 17.2 Å². The Bertz CT molecular complexity index is 3410. The van der Waals surface area contributed by atoms with Crippen molar-refractivity contribution in [2.45, 2.75) is 96.7 Å². The van der Waals surface area contributed by atoms with Crippen LogP contribution in [0, 0.1) is 12.8 Å². The predicted octanol–water partition coefficient (Wildman–Crippen LogP) is 6.04. The zero-order valence-electron chi connectivity index (χ0n) is 49.4. The first-order valence-electron chi connectivity index (χ1n) is 29.3. The highest BCUT2D eigenvalue weighted by molar-refractivity contribution is 6.04. The molecule has 0 aromatic heterocycles. The quantitative estimate of drug-likeness (QED) is 0.0345. The molecule has 9 rings (SSSR count). The van der Waals surface area contributed by atoms with Gasteiger partial charge in [-0.2, -0.15) is 0 Å². The third-order valence-corrected chi connectivity index (χ3v) is 15.6. The number of primary amides is 1. The summed E-state index contributed by atoms with van der Waals surface area (Å²) >= 11 is 0. The van der Waals surface area contributed by atoms with Crippen LogP contribution in [-0.4, -0.2) is 153 Å². The number of ether oxygens (including phenoxy) is 5. The molecule has 5 aromatic carbocycles. The van der Waals surface area contributed by atoms with E-state index in [1.807, 2.05) is 59.3 Å². The predicted molar refractivity (Wildman–Crippen MR) is 326 cm³/mol. The summed E-state index contributed by atoms with van der Waals surface area (Å²) in [6.07, 6.45) is 4.63. The molecule has 8 N–H and O–H groups in total. The number of nitrogens with zero attached hydrogens (tertiary/aromatic N) is 5. The van der Waals surface area contributed by atoms with Gasteiger partial charge in [-0.05, 0) is 96.2 Å². The Labute approximate surface area is 505 Å². The zero-order valence-corrected chi connectivity index (χ0v) is 49.4. The van der Waals surface area contributed by atoms with Gasteiger partial charge in [-0.25, -0.2) is 9.59 Å². The van der Waals surface area contributed by atoms with Crippen molar-refractivity contribution in [2.75, 3.05) is 65.0 Å². The number of hydrogen-bond donors (Lipinski definition) is 6. The number of hydrogen-bond acceptors (Lipinski definition) is 15. The molecule has 87 heavy (non-hydrogen) atoms. The van der Waals surface area contributed by atoms with E-state index in [4.69, 9.17) is 45.1 Å². The van der Waals surface area contributed by atoms with Gasteiger partial charge >= 0.3 is 12.1 Å². The van der Waals surface area contributed by atoms with E-state index in [1.165, 1.54) is 23.1 Å². The van der Waals surface area contributed by atoms with E-state index in [1.54, 1.807) is 68.6 Å². The SMILES string of the molecule is COc1cc2c(cc1OCCN(CCOc1cc3c(cc1C)C(=O)N1Cc4ccccc4C[C@H]1C=N3)C(=O)OCc1ccc(NC(=O)[C@H](CCCNC(N)=O)NC(=O)[C@@H](NC(=O)CCOCCN)C(C)C)cc1)N=C[C@@H]1Cc3ccccc3CN1C2=O. The van der Waals surface area contributed by atoms with E-state index < -0.39 is 41.9 Å². The maximum atomic E-state index is 14.2. The Kier molecular flexibility index (Phi) is 20.8. The van der Waals surface area contributed by atoms with Crippen LogP contribution in [0.1, 0.15) is 87.2 Å². The number of nitrogens with one attached hydrogen (secondary N) is 4. The van der Waals surface area contributed by atoms with Crippen molar-refractivity contribution in [2.24, 2.45) is 27.4 Å². The highest BCUT2D eigenvalue weighted by atomic mass is 16.6. The van der Waals surface area contributed by atoms with E-state index in [2.05, 4.69) is 33.4 Å². The summed E-state index contributed by atoms with van der Waals surface area (Å²) in [6, 6.07) is 26.4. The molecule has 5 aromatic rings. The Morgan fingerprint density at radius 3 is 1.89 bits per heavy atom. The molecular formula is C64H75N11O12. The molecule has 8 amide bonds. The van der Waals surface area contributed by atoms with Gasteiger partial charge in [0.2, 0.25) is 17.7 Å². The van der Waals surface area contributed by atoms with Crippen LogP contribution in [-0.2, 0) is 56.4 Å². The minimum absolute atomic E-state index is 0.00990. The number of rotatable bonds is 26. The molecule has 0 saturated heterocycles. The molecule has 23 heteroatoms. The van der Waals surface area contributed by atoms with E-state index in [9.17, 15) is 33.6 Å². The molecular weight excluding hydrogens is 1110 g/mol. The lowest BCUT2D eigenvalue weighted by molar-refractivity contribution is -0.132. The molecule has 4 atom stereocenters. The number of fused-ring (bicyclic) bond motifs is 6. The fraction of sp³-hybridized carbons (Fsp3) is 0.391. The topological polar surface area (TPSA) is 300 Å². The minimum atomic E-state index is -1.07. The van der Waals surface area contributed by atoms with Gasteiger partial charge in [0.1, 0.15) is 37.7 Å². The molecule has 0 bridgehead atoms. The smallest absolute Gasteiger partial charge is 0.410 e. The van der Waals surface area contributed by atoms with Crippen LogP contribution in [0.5, 0.6) is 17.2 Å². The molecule has 0 unspecified atom stereocenters. The molecule has 458 valence electrons. The third kappa shape index (κ3) is 15.8. The highest BCUT2D eigenvalue weighted by Gasteiger charge is 2.36. The number of aryl methyl sites for hydroxylation is 1. The fourth-order valence-corrected chi connectivity index (χ4v) is 10.8. The van der Waals surface area contributed by atoms with Crippen molar-refractivity contribution in [3.05, 3.63) is 142 Å². The van der Waals surface area contributed by atoms with Gasteiger partial charge in [0, 0.05) is 62.8 Å². The molecule has 4 aliphatic heterocycles. The fourth-order valence-electron chi connectivity index (χ4n) is 10.8. The first-order chi connectivity index (χ1) is 42.1. The number of carbonyl (C=O) groups excluding carboxylic acids is 7. The number of nitrogens with two attached hydrogens (primary N) is 2. The van der Waals surface area contributed by atoms with Crippen LogP contribution >= 0.6 is 0 Å². The van der Waals surface area contributed by atoms with Gasteiger partial charge in [0.15, 0.2) is 11.5 Å². The summed E-state index contributed by atoms with van der Waals surface area (Å²) in [4.78, 5) is 108. The zero-order chi connectivity index (χ0) is 61.6. The molecule has 23 nitrogen and oxygen atoms in total. The minimum Gasteiger partial charge on any atom is -0.493 e. The largest absolute Gasteiger partial charge is 0.493 e. The van der Waals surface area contributed by atoms with Crippen LogP contribution in [0.4, 0.5) is 26.7 Å². The maximum absolute atomic E-state index is 14.2. The second-order valence-electron chi connectivity index (χ2n) is 22.0. The van der Waals surface area contributed by atoms with Gasteiger partial charge in [-0.3, -0.25) is 34.0 Å². The summed E-state index contributed by atoms with van der Waals surface area (Å²) < 4.78 is 29.6. The summed E-state index contributed by atoms with van der Waals surface area (Å²) in [5, 5.41) is 10.8. The first kappa shape index (κ1) is 62.2. The van der Waals surface area contributed by atoms with Gasteiger partial charge < -0.3 is 71.1 Å². The summed E-state index contributed by atoms with van der Waals surface area (Å²) in [6.45, 7) is 7.07. The molecule has 4 heterocycles. The van der Waals surface area contributed by atoms with Crippen molar-refractivity contribution < 1.29 is 57.2 Å². The van der Waals surface area contributed by atoms with Crippen molar-refractivity contribution in [1.29, 1.82) is 0 Å². The number of amides is 8. The summed E-state index contributed by atoms with van der Waals surface area (Å²) in [7, 11) is 1.49. The van der Waals surface area contributed by atoms with Gasteiger partial charge in [0.05, 0.1) is 68.0 Å². The van der Waals surface area contributed by atoms with Crippen LogP contribution in [0.3, 0.4) is 0 Å². The van der Waals surface area contributed by atoms with E-state index in [0.717, 1.165) is 11.1 Å². The Morgan fingerprint density at radius 1 is 0.713 bits per heavy atom. The Balaban J connectivity index is 0.865. The number of carbonyl (C=O) groups is 7. The van der Waals surface area contributed by atoms with Crippen LogP contribution in [0.2, 0.25) is 0 Å². The average molecular weight is 1190 g/mol. The number of urea groups is 1. The Hall–Kier alpha value is -9.35. The highest BCUT2D eigenvalue weighted by Crippen LogP contribution is 2.39. The molecule has 0 fully saturated rings. The van der Waals surface area contributed by atoms with Gasteiger partial charge in [-0.15, -0.1) is 0 Å². The number of methoxy groups -OCH3 is 1. The van der Waals surface area contributed by atoms with E-state index in [0.29, 0.717) is 89.0 Å². The third-order valence-electron chi connectivity index (χ3n) is 15.6. The molecule has 4 aliphatic rings. The van der Waals surface area contributed by atoms with Gasteiger partial charge in [0.25, 0.3) is 11.8 Å². The van der Waals surface area contributed by atoms with Crippen LogP contribution in [0.15, 0.2) is 107 Å². The number of benzene rings is 5. The second-order valence-corrected chi connectivity index (χ2v) is 22.0. The lowest BCUT2D eigenvalue weighted by Gasteiger charge is -2.34. The lowest BCUT2D eigenvalue weighted by atomic mass is 9.94. The standard InChI is InChI=1S/C64H75N11O12/c1-39(2)58(72-57(76)19-24-84-25-20-65)60(78)71-51(14-9-21-67-63(66)81)59(77)70-46-17-15-41(16-18-46)38-87-64(82)73(22-26-85-54-32-52-49(28-40(54)3)61(79)74-36-44-12-7-5-10-42(44)29-47(74)34-68-52)23-27-86-56-33-53-50(31-55(56)83-4)62(80)75-37-45-13-8-6-11-43(45)30-48(75)35-69-53/h5-8,10-13,15-18,28,31-35,39,47-48,51,58H,9,14,19-27,29-30,36-38,65H2,1-4H3,(H,70,77)(H,71,78)(H,72,76)(H3,66,67,81)/t47-,48-,51-,58-/m0/s1. The first-order valence-corrected chi connectivity index (χ1v) is 29.3. The lowest BCUT2D eigenvalue weighted by Crippen LogP contribution is -2.54.